The average Bonchev–Trinajstić information content (AvgIpc) is 2.84. The van der Waals surface area contributed by atoms with Gasteiger partial charge in [0.2, 0.25) is 0 Å². The third kappa shape index (κ3) is 1.76. The molecule has 4 rings (SSSR count). The highest BCUT2D eigenvalue weighted by Gasteiger charge is 2.60. The van der Waals surface area contributed by atoms with Crippen molar-refractivity contribution in [3.63, 3.8) is 0 Å². The zero-order valence-corrected chi connectivity index (χ0v) is 14.1. The maximum atomic E-state index is 9.79. The SMILES string of the molecule is COC1CCC2C1(C)CCC1c3ccc(O)cc3CCC12C. The van der Waals surface area contributed by atoms with Crippen molar-refractivity contribution in [1.29, 1.82) is 0 Å². The van der Waals surface area contributed by atoms with Crippen molar-refractivity contribution < 1.29 is 9.84 Å². The lowest BCUT2D eigenvalue weighted by atomic mass is 9.48. The minimum atomic E-state index is 0.356. The smallest absolute Gasteiger partial charge is 0.115 e. The van der Waals surface area contributed by atoms with Gasteiger partial charge in [0, 0.05) is 7.11 Å². The summed E-state index contributed by atoms with van der Waals surface area (Å²) >= 11 is 0. The zero-order chi connectivity index (χ0) is 15.5. The fourth-order valence-electron chi connectivity index (χ4n) is 6.45. The van der Waals surface area contributed by atoms with Gasteiger partial charge >= 0.3 is 0 Å². The molecule has 0 amide bonds. The second-order valence-corrected chi connectivity index (χ2v) is 8.34. The minimum Gasteiger partial charge on any atom is -0.508 e. The zero-order valence-electron chi connectivity index (χ0n) is 14.1. The largest absolute Gasteiger partial charge is 0.508 e. The lowest BCUT2D eigenvalue weighted by Gasteiger charge is -2.57. The van der Waals surface area contributed by atoms with Gasteiger partial charge in [-0.3, -0.25) is 0 Å². The number of rotatable bonds is 1. The fraction of sp³-hybridized carbons (Fsp3) is 0.700. The molecule has 3 aliphatic carbocycles. The molecule has 0 aromatic heterocycles. The molecule has 22 heavy (non-hydrogen) atoms. The highest BCUT2D eigenvalue weighted by Crippen LogP contribution is 2.67. The van der Waals surface area contributed by atoms with Gasteiger partial charge in [-0.25, -0.2) is 0 Å². The molecule has 0 bridgehead atoms. The predicted molar refractivity (Wildman–Crippen MR) is 88.1 cm³/mol. The predicted octanol–water partition coefficient (Wildman–Crippen LogP) is 4.65. The molecule has 1 aromatic rings. The molecule has 1 N–H and O–H groups in total. The first-order valence-corrected chi connectivity index (χ1v) is 8.83. The quantitative estimate of drug-likeness (QED) is 0.818. The number of aromatic hydroxyl groups is 1. The van der Waals surface area contributed by atoms with Crippen LogP contribution in [0.1, 0.15) is 63.0 Å². The Morgan fingerprint density at radius 3 is 2.68 bits per heavy atom. The first kappa shape index (κ1) is 14.6. The van der Waals surface area contributed by atoms with Crippen LogP contribution in [-0.4, -0.2) is 18.3 Å². The van der Waals surface area contributed by atoms with E-state index >= 15 is 0 Å². The van der Waals surface area contributed by atoms with Gasteiger partial charge < -0.3 is 9.84 Å². The van der Waals surface area contributed by atoms with E-state index in [9.17, 15) is 5.11 Å². The van der Waals surface area contributed by atoms with E-state index in [0.29, 0.717) is 28.6 Å². The molecule has 0 saturated heterocycles. The Balaban J connectivity index is 1.75. The van der Waals surface area contributed by atoms with Gasteiger partial charge in [-0.1, -0.05) is 19.9 Å². The van der Waals surface area contributed by atoms with Gasteiger partial charge in [-0.15, -0.1) is 0 Å². The van der Waals surface area contributed by atoms with Crippen LogP contribution in [0.5, 0.6) is 5.75 Å². The van der Waals surface area contributed by atoms with Crippen LogP contribution in [0.4, 0.5) is 0 Å². The van der Waals surface area contributed by atoms with Gasteiger partial charge in [0.05, 0.1) is 6.10 Å². The van der Waals surface area contributed by atoms with Crippen molar-refractivity contribution in [2.75, 3.05) is 7.11 Å². The van der Waals surface area contributed by atoms with Crippen LogP contribution >= 0.6 is 0 Å². The van der Waals surface area contributed by atoms with E-state index in [1.54, 1.807) is 0 Å². The molecule has 1 aromatic carbocycles. The summed E-state index contributed by atoms with van der Waals surface area (Å²) in [4.78, 5) is 0. The Bertz CT molecular complexity index is 595. The molecule has 2 saturated carbocycles. The number of hydrogen-bond donors (Lipinski definition) is 1. The molecule has 2 heteroatoms. The van der Waals surface area contributed by atoms with E-state index < -0.39 is 0 Å². The number of hydrogen-bond acceptors (Lipinski definition) is 2. The molecule has 120 valence electrons. The highest BCUT2D eigenvalue weighted by atomic mass is 16.5. The molecule has 2 fully saturated rings. The summed E-state index contributed by atoms with van der Waals surface area (Å²) in [6, 6.07) is 6.07. The third-order valence-corrected chi connectivity index (χ3v) is 7.53. The van der Waals surface area contributed by atoms with Crippen molar-refractivity contribution in [2.45, 2.75) is 64.4 Å². The first-order valence-electron chi connectivity index (χ1n) is 8.83. The Labute approximate surface area is 133 Å². The topological polar surface area (TPSA) is 29.5 Å². The van der Waals surface area contributed by atoms with Crippen LogP contribution in [-0.2, 0) is 11.2 Å². The second kappa shape index (κ2) is 4.74. The van der Waals surface area contributed by atoms with Crippen molar-refractivity contribution in [3.05, 3.63) is 29.3 Å². The number of phenols is 1. The maximum Gasteiger partial charge on any atom is 0.115 e. The van der Waals surface area contributed by atoms with Crippen LogP contribution in [0.15, 0.2) is 18.2 Å². The van der Waals surface area contributed by atoms with Crippen LogP contribution in [0.25, 0.3) is 0 Å². The van der Waals surface area contributed by atoms with Gasteiger partial charge in [0.15, 0.2) is 0 Å². The summed E-state index contributed by atoms with van der Waals surface area (Å²) < 4.78 is 5.86. The van der Waals surface area contributed by atoms with E-state index in [0.717, 1.165) is 12.3 Å². The van der Waals surface area contributed by atoms with Crippen molar-refractivity contribution in [3.8, 4) is 5.75 Å². The summed E-state index contributed by atoms with van der Waals surface area (Å²) in [5, 5.41) is 9.79. The van der Waals surface area contributed by atoms with Crippen LogP contribution in [0, 0.1) is 16.7 Å². The van der Waals surface area contributed by atoms with E-state index in [1.165, 1.54) is 43.2 Å². The van der Waals surface area contributed by atoms with Gasteiger partial charge in [0.1, 0.15) is 5.75 Å². The highest BCUT2D eigenvalue weighted by molar-refractivity contribution is 5.41. The molecule has 0 spiro atoms. The summed E-state index contributed by atoms with van der Waals surface area (Å²) in [6.45, 7) is 5.01. The summed E-state index contributed by atoms with van der Waals surface area (Å²) in [5.74, 6) is 1.85. The van der Waals surface area contributed by atoms with Gasteiger partial charge in [0.25, 0.3) is 0 Å². The van der Waals surface area contributed by atoms with E-state index in [-0.39, 0.29) is 0 Å². The number of fused-ring (bicyclic) bond motifs is 5. The molecule has 0 heterocycles. The molecular weight excluding hydrogens is 272 g/mol. The monoisotopic (exact) mass is 300 g/mol. The Morgan fingerprint density at radius 2 is 1.91 bits per heavy atom. The normalized spacial score (nSPS) is 43.3. The number of aryl methyl sites for hydroxylation is 1. The average molecular weight is 300 g/mol. The molecule has 3 aliphatic rings. The Morgan fingerprint density at radius 1 is 1.09 bits per heavy atom. The van der Waals surface area contributed by atoms with Crippen LogP contribution in [0.2, 0.25) is 0 Å². The molecule has 5 atom stereocenters. The van der Waals surface area contributed by atoms with Crippen molar-refractivity contribution >= 4 is 0 Å². The van der Waals surface area contributed by atoms with Crippen molar-refractivity contribution in [1.82, 2.24) is 0 Å². The van der Waals surface area contributed by atoms with E-state index in [1.807, 2.05) is 19.2 Å². The summed E-state index contributed by atoms with van der Waals surface area (Å²) in [5.41, 5.74) is 3.64. The molecule has 0 radical (unpaired) electrons. The summed E-state index contributed by atoms with van der Waals surface area (Å²) in [6.07, 6.45) is 7.89. The maximum absolute atomic E-state index is 9.79. The Kier molecular flexibility index (Phi) is 3.14. The Hall–Kier alpha value is -1.02. The molecular formula is C20H28O2. The third-order valence-electron chi connectivity index (χ3n) is 7.53. The first-order chi connectivity index (χ1) is 10.5. The van der Waals surface area contributed by atoms with Gasteiger partial charge in [-0.2, -0.15) is 0 Å². The number of phenolic OH excluding ortho intramolecular Hbond substituents is 1. The molecule has 2 nitrogen and oxygen atoms in total. The molecule has 0 aliphatic heterocycles. The number of ether oxygens (including phenoxy) is 1. The standard InChI is InChI=1S/C20H28O2/c1-19-10-8-13-12-14(21)4-5-15(13)16(19)9-11-20(2)17(19)6-7-18(20)22-3/h4-5,12,16-18,21H,6-11H2,1-3H3. The second-order valence-electron chi connectivity index (χ2n) is 8.34. The minimum absolute atomic E-state index is 0.356. The van der Waals surface area contributed by atoms with Crippen molar-refractivity contribution in [2.24, 2.45) is 16.7 Å². The summed E-state index contributed by atoms with van der Waals surface area (Å²) in [7, 11) is 1.89. The number of benzene rings is 1. The van der Waals surface area contributed by atoms with Crippen LogP contribution < -0.4 is 0 Å². The fourth-order valence-corrected chi connectivity index (χ4v) is 6.45. The van der Waals surface area contributed by atoms with Crippen LogP contribution in [0.3, 0.4) is 0 Å². The van der Waals surface area contributed by atoms with E-state index in [4.69, 9.17) is 4.74 Å². The lowest BCUT2D eigenvalue weighted by Crippen LogP contribution is -2.50. The number of methoxy groups -OCH3 is 1. The molecule has 5 unspecified atom stereocenters. The lowest BCUT2D eigenvalue weighted by molar-refractivity contribution is -0.0797. The van der Waals surface area contributed by atoms with Gasteiger partial charge in [-0.05, 0) is 84.5 Å². The van der Waals surface area contributed by atoms with E-state index in [2.05, 4.69) is 19.9 Å².